The van der Waals surface area contributed by atoms with Gasteiger partial charge in [-0.25, -0.2) is 4.39 Å². The molecule has 1 unspecified atom stereocenters. The molecule has 3 rings (SSSR count). The lowest BCUT2D eigenvalue weighted by atomic mass is 10.1. The number of halogens is 2. The standard InChI is InChI=1S/C22H19BrFNO3/c1-15(23)17-4-6-18(7-5-17)21(26)13-25-11-10-20(12-22(25)27)28-14-16-2-8-19(24)9-3-16/h2-12,15H,13-14H2,1H3. The van der Waals surface area contributed by atoms with Crippen LogP contribution in [-0.2, 0) is 13.2 Å². The van der Waals surface area contributed by atoms with Gasteiger partial charge in [0.2, 0.25) is 0 Å². The van der Waals surface area contributed by atoms with Gasteiger partial charge in [-0.05, 0) is 36.2 Å². The third-order valence-electron chi connectivity index (χ3n) is 4.29. The SMILES string of the molecule is CC(Br)c1ccc(C(=O)Cn2ccc(OCc3ccc(F)cc3)cc2=O)cc1. The van der Waals surface area contributed by atoms with Gasteiger partial charge in [-0.2, -0.15) is 0 Å². The van der Waals surface area contributed by atoms with Gasteiger partial charge in [0, 0.05) is 22.7 Å². The van der Waals surface area contributed by atoms with Gasteiger partial charge in [0.1, 0.15) is 18.2 Å². The first kappa shape index (κ1) is 20.0. The van der Waals surface area contributed by atoms with E-state index in [-0.39, 0.29) is 35.1 Å². The van der Waals surface area contributed by atoms with Crippen molar-refractivity contribution in [3.63, 3.8) is 0 Å². The predicted octanol–water partition coefficient (Wildman–Crippen LogP) is 4.91. The van der Waals surface area contributed by atoms with E-state index in [1.165, 1.54) is 29.0 Å². The average Bonchev–Trinajstić information content (AvgIpc) is 2.69. The highest BCUT2D eigenvalue weighted by molar-refractivity contribution is 9.09. The van der Waals surface area contributed by atoms with Crippen LogP contribution in [0.1, 0.15) is 33.2 Å². The fourth-order valence-corrected chi connectivity index (χ4v) is 2.94. The maximum Gasteiger partial charge on any atom is 0.254 e. The topological polar surface area (TPSA) is 48.3 Å². The van der Waals surface area contributed by atoms with E-state index in [4.69, 9.17) is 4.74 Å². The van der Waals surface area contributed by atoms with E-state index in [1.807, 2.05) is 19.1 Å². The highest BCUT2D eigenvalue weighted by Crippen LogP contribution is 2.21. The molecule has 0 fully saturated rings. The fraction of sp³-hybridized carbons (Fsp3) is 0.182. The summed E-state index contributed by atoms with van der Waals surface area (Å²) in [6.07, 6.45) is 1.54. The Balaban J connectivity index is 1.64. The maximum atomic E-state index is 12.9. The molecule has 1 aromatic heterocycles. The zero-order chi connectivity index (χ0) is 20.1. The molecule has 0 amide bonds. The molecule has 0 bridgehead atoms. The van der Waals surface area contributed by atoms with E-state index >= 15 is 0 Å². The summed E-state index contributed by atoms with van der Waals surface area (Å²) >= 11 is 3.49. The quantitative estimate of drug-likeness (QED) is 0.385. The van der Waals surface area contributed by atoms with Crippen LogP contribution in [0.25, 0.3) is 0 Å². The van der Waals surface area contributed by atoms with E-state index in [1.54, 1.807) is 30.3 Å². The molecule has 3 aromatic rings. The van der Waals surface area contributed by atoms with E-state index in [0.29, 0.717) is 11.3 Å². The average molecular weight is 444 g/mol. The van der Waals surface area contributed by atoms with Gasteiger partial charge in [0.05, 0.1) is 6.54 Å². The van der Waals surface area contributed by atoms with Crippen molar-refractivity contribution in [2.24, 2.45) is 0 Å². The maximum absolute atomic E-state index is 12.9. The predicted molar refractivity (Wildman–Crippen MR) is 110 cm³/mol. The van der Waals surface area contributed by atoms with Gasteiger partial charge < -0.3 is 9.30 Å². The Kier molecular flexibility index (Phi) is 6.41. The molecule has 0 aliphatic heterocycles. The van der Waals surface area contributed by atoms with E-state index < -0.39 is 0 Å². The van der Waals surface area contributed by atoms with Crippen LogP contribution < -0.4 is 10.3 Å². The van der Waals surface area contributed by atoms with Crippen molar-refractivity contribution in [1.82, 2.24) is 4.57 Å². The summed E-state index contributed by atoms with van der Waals surface area (Å²) in [6, 6.07) is 16.2. The molecule has 4 nitrogen and oxygen atoms in total. The first-order valence-electron chi connectivity index (χ1n) is 8.77. The minimum atomic E-state index is -0.323. The number of carbonyl (C=O) groups is 1. The Morgan fingerprint density at radius 3 is 2.39 bits per heavy atom. The lowest BCUT2D eigenvalue weighted by molar-refractivity contribution is 0.0970. The van der Waals surface area contributed by atoms with Crippen LogP contribution in [0.15, 0.2) is 71.7 Å². The zero-order valence-electron chi connectivity index (χ0n) is 15.3. The lowest BCUT2D eigenvalue weighted by Crippen LogP contribution is -2.23. The molecule has 0 saturated carbocycles. The van der Waals surface area contributed by atoms with Gasteiger partial charge in [0.25, 0.3) is 5.56 Å². The summed E-state index contributed by atoms with van der Waals surface area (Å²) in [5.74, 6) is -0.0584. The normalized spacial score (nSPS) is 11.8. The number of nitrogens with zero attached hydrogens (tertiary/aromatic N) is 1. The zero-order valence-corrected chi connectivity index (χ0v) is 16.9. The van der Waals surface area contributed by atoms with Crippen molar-refractivity contribution in [3.8, 4) is 5.75 Å². The number of alkyl halides is 1. The molecule has 2 aromatic carbocycles. The summed E-state index contributed by atoms with van der Waals surface area (Å²) in [6.45, 7) is 2.19. The Bertz CT molecular complexity index is 1010. The van der Waals surface area contributed by atoms with E-state index in [0.717, 1.165) is 11.1 Å². The molecule has 28 heavy (non-hydrogen) atoms. The third-order valence-corrected chi connectivity index (χ3v) is 4.82. The van der Waals surface area contributed by atoms with Crippen LogP contribution >= 0.6 is 15.9 Å². The van der Waals surface area contributed by atoms with Gasteiger partial charge >= 0.3 is 0 Å². The minimum absolute atomic E-state index is 0.0414. The molecule has 144 valence electrons. The monoisotopic (exact) mass is 443 g/mol. The number of ketones is 1. The number of rotatable bonds is 7. The molecule has 0 spiro atoms. The first-order chi connectivity index (χ1) is 13.4. The van der Waals surface area contributed by atoms with Crippen molar-refractivity contribution in [2.45, 2.75) is 24.9 Å². The second-order valence-corrected chi connectivity index (χ2v) is 7.78. The summed E-state index contributed by atoms with van der Waals surface area (Å²) in [5.41, 5.74) is 2.11. The highest BCUT2D eigenvalue weighted by Gasteiger charge is 2.10. The van der Waals surface area contributed by atoms with Crippen LogP contribution in [-0.4, -0.2) is 10.4 Å². The molecule has 0 saturated heterocycles. The number of ether oxygens (including phenoxy) is 1. The second kappa shape index (κ2) is 8.97. The van der Waals surface area contributed by atoms with Gasteiger partial charge in [-0.1, -0.05) is 52.3 Å². The number of benzene rings is 2. The molecule has 0 aliphatic carbocycles. The number of aromatic nitrogens is 1. The Hall–Kier alpha value is -2.73. The van der Waals surface area contributed by atoms with Crippen LogP contribution in [0.3, 0.4) is 0 Å². The van der Waals surface area contributed by atoms with Crippen molar-refractivity contribution >= 4 is 21.7 Å². The number of Topliss-reactive ketones (excluding diaryl/α,β-unsaturated/α-hetero) is 1. The van der Waals surface area contributed by atoms with Crippen LogP contribution in [0.2, 0.25) is 0 Å². The number of hydrogen-bond donors (Lipinski definition) is 0. The molecule has 1 atom stereocenters. The molecule has 0 N–H and O–H groups in total. The van der Waals surface area contributed by atoms with Gasteiger partial charge in [-0.3, -0.25) is 9.59 Å². The Labute approximate surface area is 170 Å². The van der Waals surface area contributed by atoms with Crippen LogP contribution in [0.4, 0.5) is 4.39 Å². The summed E-state index contributed by atoms with van der Waals surface area (Å²) < 4.78 is 19.8. The lowest BCUT2D eigenvalue weighted by Gasteiger charge is -2.09. The molecule has 0 radical (unpaired) electrons. The number of carbonyl (C=O) groups excluding carboxylic acids is 1. The minimum Gasteiger partial charge on any atom is -0.489 e. The Morgan fingerprint density at radius 1 is 1.11 bits per heavy atom. The van der Waals surface area contributed by atoms with Crippen molar-refractivity contribution in [2.75, 3.05) is 0 Å². The van der Waals surface area contributed by atoms with Crippen LogP contribution in [0, 0.1) is 5.82 Å². The molecule has 1 heterocycles. The highest BCUT2D eigenvalue weighted by atomic mass is 79.9. The van der Waals surface area contributed by atoms with Crippen molar-refractivity contribution in [1.29, 1.82) is 0 Å². The first-order valence-corrected chi connectivity index (χ1v) is 9.69. The van der Waals surface area contributed by atoms with E-state index in [9.17, 15) is 14.0 Å². The largest absolute Gasteiger partial charge is 0.489 e. The molecular formula is C22H19BrFNO3. The number of hydrogen-bond acceptors (Lipinski definition) is 3. The van der Waals surface area contributed by atoms with Crippen LogP contribution in [0.5, 0.6) is 5.75 Å². The fourth-order valence-electron chi connectivity index (χ4n) is 2.64. The number of pyridine rings is 1. The molecular weight excluding hydrogens is 425 g/mol. The molecule has 6 heteroatoms. The Morgan fingerprint density at radius 2 is 1.79 bits per heavy atom. The van der Waals surface area contributed by atoms with Crippen molar-refractivity contribution < 1.29 is 13.9 Å². The molecule has 0 aliphatic rings. The van der Waals surface area contributed by atoms with E-state index in [2.05, 4.69) is 15.9 Å². The van der Waals surface area contributed by atoms with Gasteiger partial charge in [-0.15, -0.1) is 0 Å². The van der Waals surface area contributed by atoms with Gasteiger partial charge in [0.15, 0.2) is 5.78 Å². The second-order valence-electron chi connectivity index (χ2n) is 6.40. The summed E-state index contributed by atoms with van der Waals surface area (Å²) in [5, 5.41) is 0. The third kappa shape index (κ3) is 5.16. The summed E-state index contributed by atoms with van der Waals surface area (Å²) in [7, 11) is 0. The van der Waals surface area contributed by atoms with Crippen molar-refractivity contribution in [3.05, 3.63) is 99.7 Å². The smallest absolute Gasteiger partial charge is 0.254 e. The summed E-state index contributed by atoms with van der Waals surface area (Å²) in [4.78, 5) is 24.9.